The zero-order chi connectivity index (χ0) is 17.9. The van der Waals surface area contributed by atoms with Crippen LogP contribution < -0.4 is 10.1 Å². The third-order valence-electron chi connectivity index (χ3n) is 3.36. The number of carbonyl (C=O) groups is 1. The first-order valence-corrected chi connectivity index (χ1v) is 10.2. The number of rotatable bonds is 5. The number of benzene rings is 1. The lowest BCUT2D eigenvalue weighted by Crippen LogP contribution is -2.53. The van der Waals surface area contributed by atoms with E-state index in [1.54, 1.807) is 6.92 Å². The number of nitrogens with one attached hydrogen (secondary N) is 1. The van der Waals surface area contributed by atoms with E-state index in [2.05, 4.69) is 54.7 Å². The molecule has 0 aliphatic heterocycles. The number of thioether (sulfide) groups is 1. The van der Waals surface area contributed by atoms with Gasteiger partial charge in [0.1, 0.15) is 5.54 Å². The van der Waals surface area contributed by atoms with Crippen LogP contribution in [-0.4, -0.2) is 28.1 Å². The summed E-state index contributed by atoms with van der Waals surface area (Å²) in [4.78, 5) is 16.1. The molecular formula is C17H16BrIN2O2S. The molecule has 2 unspecified atom stereocenters. The number of fused-ring (bicyclic) bond motifs is 1. The molecule has 0 aliphatic rings. The van der Waals surface area contributed by atoms with E-state index in [4.69, 9.17) is 11.2 Å². The van der Waals surface area contributed by atoms with Crippen LogP contribution in [0.3, 0.4) is 0 Å². The Hall–Kier alpha value is -0.980. The molecule has 2 atom stereocenters. The van der Waals surface area contributed by atoms with E-state index in [0.29, 0.717) is 5.88 Å². The SMILES string of the molecule is C#CC(C)(NC(C)=O)C(Oc1nc2c(Br)cccc2cc1I)SC. The third kappa shape index (κ3) is 4.16. The minimum absolute atomic E-state index is 0.206. The fourth-order valence-electron chi connectivity index (χ4n) is 2.23. The summed E-state index contributed by atoms with van der Waals surface area (Å²) in [6, 6.07) is 7.89. The molecule has 1 aromatic carbocycles. The Bertz CT molecular complexity index is 824. The summed E-state index contributed by atoms with van der Waals surface area (Å²) >= 11 is 7.12. The summed E-state index contributed by atoms with van der Waals surface area (Å²) in [5.41, 5.74) is -0.610. The number of amides is 1. The van der Waals surface area contributed by atoms with Crippen LogP contribution in [0.2, 0.25) is 0 Å². The third-order valence-corrected chi connectivity index (χ3v) is 5.77. The average molecular weight is 519 g/mol. The van der Waals surface area contributed by atoms with Crippen molar-refractivity contribution in [2.75, 3.05) is 6.26 Å². The number of para-hydroxylation sites is 1. The lowest BCUT2D eigenvalue weighted by molar-refractivity contribution is -0.120. The van der Waals surface area contributed by atoms with Crippen molar-refractivity contribution in [3.63, 3.8) is 0 Å². The Kier molecular flexibility index (Phi) is 6.39. The lowest BCUT2D eigenvalue weighted by atomic mass is 10.1. The summed E-state index contributed by atoms with van der Waals surface area (Å²) in [6.07, 6.45) is 7.53. The van der Waals surface area contributed by atoms with Crippen molar-refractivity contribution in [3.8, 4) is 18.2 Å². The summed E-state index contributed by atoms with van der Waals surface area (Å²) in [5.74, 6) is 2.91. The van der Waals surface area contributed by atoms with E-state index < -0.39 is 11.0 Å². The quantitative estimate of drug-likeness (QED) is 0.366. The van der Waals surface area contributed by atoms with Gasteiger partial charge in [-0.3, -0.25) is 4.79 Å². The van der Waals surface area contributed by atoms with E-state index in [9.17, 15) is 4.79 Å². The van der Waals surface area contributed by atoms with Crippen LogP contribution >= 0.6 is 50.3 Å². The number of pyridine rings is 1. The molecule has 4 nitrogen and oxygen atoms in total. The zero-order valence-electron chi connectivity index (χ0n) is 13.4. The van der Waals surface area contributed by atoms with Crippen molar-refractivity contribution in [2.45, 2.75) is 24.8 Å². The van der Waals surface area contributed by atoms with Crippen molar-refractivity contribution in [1.29, 1.82) is 0 Å². The highest BCUT2D eigenvalue weighted by Crippen LogP contribution is 2.32. The molecule has 0 bridgehead atoms. The van der Waals surface area contributed by atoms with Gasteiger partial charge in [-0.05, 0) is 63.8 Å². The van der Waals surface area contributed by atoms with Crippen LogP contribution in [0.25, 0.3) is 10.9 Å². The monoisotopic (exact) mass is 518 g/mol. The highest BCUT2D eigenvalue weighted by Gasteiger charge is 2.35. The Morgan fingerprint density at radius 2 is 2.29 bits per heavy atom. The van der Waals surface area contributed by atoms with Gasteiger partial charge < -0.3 is 10.1 Å². The highest BCUT2D eigenvalue weighted by atomic mass is 127. The van der Waals surface area contributed by atoms with Gasteiger partial charge in [0.15, 0.2) is 5.44 Å². The van der Waals surface area contributed by atoms with Crippen LogP contribution in [0, 0.1) is 15.9 Å². The summed E-state index contributed by atoms with van der Waals surface area (Å²) in [7, 11) is 0. The number of ether oxygens (including phenoxy) is 1. The topological polar surface area (TPSA) is 51.2 Å². The Morgan fingerprint density at radius 1 is 1.58 bits per heavy atom. The van der Waals surface area contributed by atoms with Gasteiger partial charge >= 0.3 is 0 Å². The second-order valence-electron chi connectivity index (χ2n) is 5.30. The first-order chi connectivity index (χ1) is 11.3. The first kappa shape index (κ1) is 19.3. The second kappa shape index (κ2) is 7.93. The maximum atomic E-state index is 11.5. The van der Waals surface area contributed by atoms with Crippen LogP contribution in [0.4, 0.5) is 0 Å². The van der Waals surface area contributed by atoms with Crippen molar-refractivity contribution >= 4 is 67.1 Å². The summed E-state index contributed by atoms with van der Waals surface area (Å²) in [5, 5.41) is 3.80. The van der Waals surface area contributed by atoms with Crippen LogP contribution in [-0.2, 0) is 4.79 Å². The fourth-order valence-corrected chi connectivity index (χ4v) is 4.07. The van der Waals surface area contributed by atoms with E-state index in [1.165, 1.54) is 18.7 Å². The van der Waals surface area contributed by atoms with Gasteiger partial charge in [-0.1, -0.05) is 18.1 Å². The number of halogens is 2. The van der Waals surface area contributed by atoms with Gasteiger partial charge in [0.25, 0.3) is 0 Å². The van der Waals surface area contributed by atoms with Crippen LogP contribution in [0.1, 0.15) is 13.8 Å². The molecule has 0 saturated heterocycles. The molecule has 0 aliphatic carbocycles. The number of aromatic nitrogens is 1. The minimum Gasteiger partial charge on any atom is -0.459 e. The van der Waals surface area contributed by atoms with Gasteiger partial charge in [-0.15, -0.1) is 18.2 Å². The normalized spacial score (nSPS) is 14.5. The predicted molar refractivity (Wildman–Crippen MR) is 111 cm³/mol. The second-order valence-corrected chi connectivity index (χ2v) is 8.22. The van der Waals surface area contributed by atoms with E-state index >= 15 is 0 Å². The molecule has 1 N–H and O–H groups in total. The van der Waals surface area contributed by atoms with E-state index in [-0.39, 0.29) is 5.91 Å². The smallest absolute Gasteiger partial charge is 0.228 e. The van der Waals surface area contributed by atoms with Crippen LogP contribution in [0.5, 0.6) is 5.88 Å². The summed E-state index contributed by atoms with van der Waals surface area (Å²) < 4.78 is 7.85. The lowest BCUT2D eigenvalue weighted by Gasteiger charge is -2.32. The van der Waals surface area contributed by atoms with Crippen molar-refractivity contribution in [3.05, 3.63) is 32.3 Å². The van der Waals surface area contributed by atoms with Gasteiger partial charge in [0.05, 0.1) is 9.09 Å². The number of nitrogens with zero attached hydrogens (tertiary/aromatic N) is 1. The van der Waals surface area contributed by atoms with E-state index in [0.717, 1.165) is 18.9 Å². The molecule has 0 radical (unpaired) electrons. The van der Waals surface area contributed by atoms with Gasteiger partial charge in [-0.25, -0.2) is 4.98 Å². The fraction of sp³-hybridized carbons (Fsp3) is 0.294. The predicted octanol–water partition coefficient (Wildman–Crippen LogP) is 4.20. The molecule has 0 spiro atoms. The molecule has 1 amide bonds. The maximum Gasteiger partial charge on any atom is 0.228 e. The molecule has 1 aromatic heterocycles. The van der Waals surface area contributed by atoms with Crippen LogP contribution in [0.15, 0.2) is 28.7 Å². The Morgan fingerprint density at radius 3 is 2.88 bits per heavy atom. The average Bonchev–Trinajstić information content (AvgIpc) is 2.52. The number of carbonyl (C=O) groups excluding carboxylic acids is 1. The number of terminal acetylenes is 1. The number of hydrogen-bond acceptors (Lipinski definition) is 4. The molecule has 2 rings (SSSR count). The Balaban J connectivity index is 2.42. The molecule has 0 saturated carbocycles. The largest absolute Gasteiger partial charge is 0.459 e. The van der Waals surface area contributed by atoms with Crippen molar-refractivity contribution in [1.82, 2.24) is 10.3 Å². The van der Waals surface area contributed by atoms with E-state index in [1.807, 2.05) is 30.5 Å². The molecule has 7 heteroatoms. The van der Waals surface area contributed by atoms with Gasteiger partial charge in [0.2, 0.25) is 11.8 Å². The van der Waals surface area contributed by atoms with Gasteiger partial charge in [0, 0.05) is 16.8 Å². The summed E-state index contributed by atoms with van der Waals surface area (Å²) in [6.45, 7) is 3.20. The molecule has 1 heterocycles. The van der Waals surface area contributed by atoms with Crippen molar-refractivity contribution < 1.29 is 9.53 Å². The molecule has 0 fully saturated rings. The standard InChI is InChI=1S/C17H16BrIN2O2S/c1-5-17(3,21-10(2)22)16(24-4)23-15-13(19)9-11-7-6-8-12(18)14(11)20-15/h1,6-9,16H,2-4H3,(H,21,22). The maximum absolute atomic E-state index is 11.5. The highest BCUT2D eigenvalue weighted by molar-refractivity contribution is 14.1. The first-order valence-electron chi connectivity index (χ1n) is 7.01. The van der Waals surface area contributed by atoms with Gasteiger partial charge in [-0.2, -0.15) is 0 Å². The minimum atomic E-state index is -0.946. The molecule has 2 aromatic rings. The Labute approximate surface area is 167 Å². The zero-order valence-corrected chi connectivity index (χ0v) is 18.0. The molecule has 126 valence electrons. The molecule has 24 heavy (non-hydrogen) atoms. The number of hydrogen-bond donors (Lipinski definition) is 1. The molecular weight excluding hydrogens is 503 g/mol. The van der Waals surface area contributed by atoms with Crippen molar-refractivity contribution in [2.24, 2.45) is 0 Å².